The lowest BCUT2D eigenvalue weighted by atomic mass is 10.1. The second-order valence-corrected chi connectivity index (χ2v) is 4.69. The molecule has 0 saturated heterocycles. The Bertz CT molecular complexity index is 666. The number of anilines is 1. The second kappa shape index (κ2) is 5.98. The lowest BCUT2D eigenvalue weighted by Crippen LogP contribution is -2.40. The molecule has 0 aliphatic heterocycles. The molecule has 0 radical (unpaired) electrons. The summed E-state index contributed by atoms with van der Waals surface area (Å²) in [6.45, 7) is 4.11. The number of nitrogens with one attached hydrogen (secondary N) is 1. The Kier molecular flexibility index (Phi) is 4.11. The van der Waals surface area contributed by atoms with Gasteiger partial charge in [-0.05, 0) is 31.0 Å². The molecule has 1 aromatic heterocycles. The Hall–Kier alpha value is -2.67. The highest BCUT2D eigenvalue weighted by Crippen LogP contribution is 2.19. The monoisotopic (exact) mass is 266 g/mol. The number of rotatable bonds is 3. The first-order valence-electron chi connectivity index (χ1n) is 6.35. The zero-order chi connectivity index (χ0) is 14.5. The minimum Gasteiger partial charge on any atom is -0.320 e. The van der Waals surface area contributed by atoms with Crippen LogP contribution in [-0.4, -0.2) is 5.91 Å². The van der Waals surface area contributed by atoms with Gasteiger partial charge in [0.15, 0.2) is 12.4 Å². The predicted octanol–water partition coefficient (Wildman–Crippen LogP) is 2.10. The molecule has 4 nitrogen and oxygen atoms in total. The summed E-state index contributed by atoms with van der Waals surface area (Å²) < 4.78 is 1.70. The van der Waals surface area contributed by atoms with E-state index in [-0.39, 0.29) is 12.5 Å². The zero-order valence-corrected chi connectivity index (χ0v) is 11.6. The summed E-state index contributed by atoms with van der Waals surface area (Å²) in [4.78, 5) is 12.1. The lowest BCUT2D eigenvalue weighted by molar-refractivity contribution is -0.684. The zero-order valence-electron chi connectivity index (χ0n) is 11.6. The Morgan fingerprint density at radius 2 is 1.95 bits per heavy atom. The smallest absolute Gasteiger partial charge is 0.290 e. The van der Waals surface area contributed by atoms with Crippen LogP contribution in [0.15, 0.2) is 42.7 Å². The third-order valence-corrected chi connectivity index (χ3v) is 3.06. The number of hydrogen-bond acceptors (Lipinski definition) is 2. The van der Waals surface area contributed by atoms with Crippen LogP contribution >= 0.6 is 0 Å². The number of nitriles is 1. The van der Waals surface area contributed by atoms with E-state index in [0.717, 1.165) is 16.8 Å². The molecule has 0 aliphatic rings. The summed E-state index contributed by atoms with van der Waals surface area (Å²) in [5.74, 6) is -0.109. The van der Waals surface area contributed by atoms with Gasteiger partial charge in [-0.1, -0.05) is 18.2 Å². The van der Waals surface area contributed by atoms with Gasteiger partial charge in [-0.3, -0.25) is 4.79 Å². The van der Waals surface area contributed by atoms with E-state index in [0.29, 0.717) is 5.56 Å². The van der Waals surface area contributed by atoms with E-state index >= 15 is 0 Å². The van der Waals surface area contributed by atoms with Crippen LogP contribution in [0.4, 0.5) is 5.69 Å². The second-order valence-electron chi connectivity index (χ2n) is 4.69. The van der Waals surface area contributed by atoms with Gasteiger partial charge >= 0.3 is 0 Å². The van der Waals surface area contributed by atoms with Crippen molar-refractivity contribution in [3.8, 4) is 6.07 Å². The van der Waals surface area contributed by atoms with Gasteiger partial charge in [0.05, 0.1) is 0 Å². The minimum atomic E-state index is -0.109. The van der Waals surface area contributed by atoms with Crippen molar-refractivity contribution >= 4 is 11.6 Å². The lowest BCUT2D eigenvalue weighted by Gasteiger charge is -2.10. The molecule has 2 aromatic rings. The van der Waals surface area contributed by atoms with Crippen LogP contribution < -0.4 is 9.88 Å². The van der Waals surface area contributed by atoms with Crippen molar-refractivity contribution < 1.29 is 9.36 Å². The van der Waals surface area contributed by atoms with Crippen LogP contribution in [0.2, 0.25) is 0 Å². The standard InChI is InChI=1S/C16H15N3O/c1-12-5-3-6-13(2)16(12)18-15(20)11-19-8-4-7-14(9-17)10-19/h3-8,10H,11H2,1-2H3/p+1. The van der Waals surface area contributed by atoms with E-state index in [1.54, 1.807) is 29.1 Å². The van der Waals surface area contributed by atoms with Crippen LogP contribution in [0.25, 0.3) is 0 Å². The summed E-state index contributed by atoms with van der Waals surface area (Å²) in [6, 6.07) is 11.4. The van der Waals surface area contributed by atoms with Crippen LogP contribution in [0.3, 0.4) is 0 Å². The Balaban J connectivity index is 2.11. The van der Waals surface area contributed by atoms with E-state index in [1.807, 2.05) is 32.0 Å². The van der Waals surface area contributed by atoms with Crippen molar-refractivity contribution in [3.63, 3.8) is 0 Å². The fourth-order valence-corrected chi connectivity index (χ4v) is 2.04. The van der Waals surface area contributed by atoms with Crippen LogP contribution in [0, 0.1) is 25.2 Å². The largest absolute Gasteiger partial charge is 0.320 e. The van der Waals surface area contributed by atoms with E-state index < -0.39 is 0 Å². The number of para-hydroxylation sites is 1. The van der Waals surface area contributed by atoms with Crippen LogP contribution in [-0.2, 0) is 11.3 Å². The molecule has 0 spiro atoms. The number of amides is 1. The molecule has 100 valence electrons. The molecular weight excluding hydrogens is 250 g/mol. The van der Waals surface area contributed by atoms with Crippen LogP contribution in [0.5, 0.6) is 0 Å². The van der Waals surface area contributed by atoms with Gasteiger partial charge in [0.2, 0.25) is 6.54 Å². The average Bonchev–Trinajstić information content (AvgIpc) is 2.43. The van der Waals surface area contributed by atoms with Crippen molar-refractivity contribution in [1.29, 1.82) is 5.26 Å². The highest BCUT2D eigenvalue weighted by Gasteiger charge is 2.12. The molecule has 0 aliphatic carbocycles. The molecule has 0 unspecified atom stereocenters. The summed E-state index contributed by atoms with van der Waals surface area (Å²) in [5, 5.41) is 11.8. The SMILES string of the molecule is Cc1cccc(C)c1NC(=O)C[n+]1cccc(C#N)c1. The van der Waals surface area contributed by atoms with Gasteiger partial charge in [0, 0.05) is 11.8 Å². The van der Waals surface area contributed by atoms with Gasteiger partial charge in [-0.2, -0.15) is 9.83 Å². The van der Waals surface area contributed by atoms with Gasteiger partial charge in [-0.15, -0.1) is 0 Å². The molecular formula is C16H16N3O+. The Morgan fingerprint density at radius 3 is 2.60 bits per heavy atom. The fraction of sp³-hybridized carbons (Fsp3) is 0.188. The predicted molar refractivity (Wildman–Crippen MR) is 75.9 cm³/mol. The fourth-order valence-electron chi connectivity index (χ4n) is 2.04. The van der Waals surface area contributed by atoms with Crippen molar-refractivity contribution in [1.82, 2.24) is 0 Å². The van der Waals surface area contributed by atoms with Crippen molar-refractivity contribution in [2.75, 3.05) is 5.32 Å². The van der Waals surface area contributed by atoms with E-state index in [4.69, 9.17) is 5.26 Å². The maximum absolute atomic E-state index is 12.1. The first kappa shape index (κ1) is 13.8. The molecule has 1 aromatic carbocycles. The first-order valence-corrected chi connectivity index (χ1v) is 6.35. The molecule has 20 heavy (non-hydrogen) atoms. The molecule has 1 N–H and O–H groups in total. The number of carbonyl (C=O) groups excluding carboxylic acids is 1. The summed E-state index contributed by atoms with van der Waals surface area (Å²) in [5.41, 5.74) is 3.46. The van der Waals surface area contributed by atoms with E-state index in [9.17, 15) is 4.79 Å². The Labute approximate surface area is 118 Å². The van der Waals surface area contributed by atoms with Gasteiger partial charge < -0.3 is 5.32 Å². The quantitative estimate of drug-likeness (QED) is 0.865. The average molecular weight is 266 g/mol. The highest BCUT2D eigenvalue weighted by atomic mass is 16.1. The first-order chi connectivity index (χ1) is 9.60. The molecule has 0 fully saturated rings. The summed E-state index contributed by atoms with van der Waals surface area (Å²) >= 11 is 0. The van der Waals surface area contributed by atoms with Crippen LogP contribution in [0.1, 0.15) is 16.7 Å². The van der Waals surface area contributed by atoms with Crippen molar-refractivity contribution in [3.05, 3.63) is 59.4 Å². The van der Waals surface area contributed by atoms with Crippen molar-refractivity contribution in [2.45, 2.75) is 20.4 Å². The molecule has 0 bridgehead atoms. The van der Waals surface area contributed by atoms with E-state index in [2.05, 4.69) is 11.4 Å². The van der Waals surface area contributed by atoms with E-state index in [1.165, 1.54) is 0 Å². The van der Waals surface area contributed by atoms with Crippen molar-refractivity contribution in [2.24, 2.45) is 0 Å². The number of aromatic nitrogens is 1. The molecule has 1 heterocycles. The minimum absolute atomic E-state index is 0.109. The Morgan fingerprint density at radius 1 is 1.25 bits per heavy atom. The molecule has 2 rings (SSSR count). The van der Waals surface area contributed by atoms with Gasteiger partial charge in [0.1, 0.15) is 11.6 Å². The third-order valence-electron chi connectivity index (χ3n) is 3.06. The number of carbonyl (C=O) groups is 1. The normalized spacial score (nSPS) is 9.85. The molecule has 1 amide bonds. The third kappa shape index (κ3) is 3.21. The number of hydrogen-bond donors (Lipinski definition) is 1. The van der Waals surface area contributed by atoms with Gasteiger partial charge in [-0.25, -0.2) is 0 Å². The summed E-state index contributed by atoms with van der Waals surface area (Å²) in [7, 11) is 0. The maximum Gasteiger partial charge on any atom is 0.290 e. The maximum atomic E-state index is 12.1. The number of pyridine rings is 1. The molecule has 0 saturated carbocycles. The number of nitrogens with zero attached hydrogens (tertiary/aromatic N) is 2. The molecule has 0 atom stereocenters. The van der Waals surface area contributed by atoms with Gasteiger partial charge in [0.25, 0.3) is 5.91 Å². The summed E-state index contributed by atoms with van der Waals surface area (Å²) in [6.07, 6.45) is 3.43. The highest BCUT2D eigenvalue weighted by molar-refractivity contribution is 5.91. The molecule has 4 heteroatoms. The topological polar surface area (TPSA) is 56.8 Å². The number of benzene rings is 1. The number of aryl methyl sites for hydroxylation is 2.